The fraction of sp³-hybridized carbons (Fsp3) is 0.692. The third-order valence-corrected chi connectivity index (χ3v) is 4.42. The van der Waals surface area contributed by atoms with Crippen molar-refractivity contribution in [1.29, 1.82) is 0 Å². The number of urea groups is 1. The van der Waals surface area contributed by atoms with E-state index in [-0.39, 0.29) is 11.8 Å². The molecule has 10 nitrogen and oxygen atoms in total. The molecule has 1 aromatic rings. The lowest BCUT2D eigenvalue weighted by Crippen LogP contribution is -2.51. The number of aryl methyl sites for hydroxylation is 1. The minimum Gasteiger partial charge on any atom is -0.475 e. The highest BCUT2D eigenvalue weighted by molar-refractivity contribution is 7.89. The van der Waals surface area contributed by atoms with Gasteiger partial charge in [0, 0.05) is 39.8 Å². The van der Waals surface area contributed by atoms with Crippen LogP contribution in [0.3, 0.4) is 0 Å². The van der Waals surface area contributed by atoms with Gasteiger partial charge in [0.2, 0.25) is 10.0 Å². The summed E-state index contributed by atoms with van der Waals surface area (Å²) in [5, 5.41) is 11.9. The molecule has 0 unspecified atom stereocenters. The van der Waals surface area contributed by atoms with Crippen molar-refractivity contribution in [3.63, 3.8) is 0 Å². The van der Waals surface area contributed by atoms with E-state index in [1.807, 2.05) is 11.8 Å². The zero-order chi connectivity index (χ0) is 17.7. The number of carbonyl (C=O) groups is 1. The minimum absolute atomic E-state index is 0.0768. The fourth-order valence-corrected chi connectivity index (χ4v) is 2.93. The molecule has 24 heavy (non-hydrogen) atoms. The number of hydrogen-bond donors (Lipinski definition) is 2. The van der Waals surface area contributed by atoms with Gasteiger partial charge >= 0.3 is 6.03 Å². The monoisotopic (exact) mass is 360 g/mol. The van der Waals surface area contributed by atoms with E-state index in [0.717, 1.165) is 0 Å². The van der Waals surface area contributed by atoms with E-state index in [4.69, 9.17) is 9.88 Å². The number of carbonyl (C=O) groups excluding carboxylic acids is 1. The molecule has 1 saturated heterocycles. The van der Waals surface area contributed by atoms with Gasteiger partial charge in [0.15, 0.2) is 0 Å². The van der Waals surface area contributed by atoms with Crippen molar-refractivity contribution in [2.45, 2.75) is 6.92 Å². The van der Waals surface area contributed by atoms with Gasteiger partial charge in [-0.05, 0) is 6.92 Å². The van der Waals surface area contributed by atoms with Crippen LogP contribution in [0.2, 0.25) is 0 Å². The van der Waals surface area contributed by atoms with Gasteiger partial charge in [-0.15, -0.1) is 5.10 Å². The molecule has 2 rings (SSSR count). The van der Waals surface area contributed by atoms with Crippen molar-refractivity contribution in [3.05, 3.63) is 6.20 Å². The highest BCUT2D eigenvalue weighted by Gasteiger charge is 2.23. The van der Waals surface area contributed by atoms with Gasteiger partial charge in [0.1, 0.15) is 5.69 Å². The number of anilines is 1. The normalized spacial score (nSPS) is 16.2. The molecule has 1 aliphatic heterocycles. The second kappa shape index (κ2) is 7.81. The summed E-state index contributed by atoms with van der Waals surface area (Å²) in [6.07, 6.45) is 1.69. The number of aromatic nitrogens is 2. The molecule has 136 valence electrons. The molecule has 3 N–H and O–H groups in total. The van der Waals surface area contributed by atoms with E-state index < -0.39 is 10.0 Å². The first-order chi connectivity index (χ1) is 11.3. The number of sulfonamides is 1. The van der Waals surface area contributed by atoms with E-state index in [9.17, 15) is 13.2 Å². The Hall–Kier alpha value is -1.85. The second-order valence-electron chi connectivity index (χ2n) is 5.58. The van der Waals surface area contributed by atoms with Crippen LogP contribution in [0.5, 0.6) is 5.88 Å². The van der Waals surface area contributed by atoms with E-state index in [2.05, 4.69) is 10.4 Å². The Bertz CT molecular complexity index is 666. The van der Waals surface area contributed by atoms with Crippen molar-refractivity contribution in [1.82, 2.24) is 19.6 Å². The first kappa shape index (κ1) is 18.5. The number of piperazine rings is 1. The molecular formula is C13H24N6O4S. The zero-order valence-corrected chi connectivity index (χ0v) is 14.8. The summed E-state index contributed by atoms with van der Waals surface area (Å²) in [5.74, 6) is 0.312. The lowest BCUT2D eigenvalue weighted by Gasteiger charge is -2.34. The number of nitrogens with zero attached hydrogens (tertiary/aromatic N) is 4. The Kier molecular flexibility index (Phi) is 6.02. The van der Waals surface area contributed by atoms with Crippen molar-refractivity contribution in [2.24, 2.45) is 12.2 Å². The number of ether oxygens (including phenoxy) is 1. The number of nitrogens with one attached hydrogen (secondary N) is 1. The van der Waals surface area contributed by atoms with Crippen molar-refractivity contribution >= 4 is 21.7 Å². The van der Waals surface area contributed by atoms with Crippen LogP contribution in [-0.4, -0.2) is 79.1 Å². The molecule has 11 heteroatoms. The maximum absolute atomic E-state index is 12.3. The standard InChI is InChI=1S/C13H24N6O4S/c1-3-23-12-11(10-17(2)16-12)15-13(20)19-6-4-18(5-7-19)8-9-24(14,21)22/h10H,3-9H2,1-2H3,(H,15,20)(H2,14,21,22). The molecule has 1 fully saturated rings. The van der Waals surface area contributed by atoms with Gasteiger partial charge in [-0.2, -0.15) is 0 Å². The van der Waals surface area contributed by atoms with Gasteiger partial charge < -0.3 is 15.0 Å². The highest BCUT2D eigenvalue weighted by atomic mass is 32.2. The van der Waals surface area contributed by atoms with E-state index >= 15 is 0 Å². The average molecular weight is 360 g/mol. The maximum atomic E-state index is 12.3. The van der Waals surface area contributed by atoms with Crippen LogP contribution in [0.25, 0.3) is 0 Å². The van der Waals surface area contributed by atoms with Crippen LogP contribution >= 0.6 is 0 Å². The predicted octanol–water partition coefficient (Wildman–Crippen LogP) is -0.743. The minimum atomic E-state index is -3.46. The summed E-state index contributed by atoms with van der Waals surface area (Å²) in [6.45, 7) is 4.93. The third-order valence-electron chi connectivity index (χ3n) is 3.67. The van der Waals surface area contributed by atoms with Crippen LogP contribution < -0.4 is 15.2 Å². The largest absolute Gasteiger partial charge is 0.475 e. The Morgan fingerprint density at radius 3 is 2.62 bits per heavy atom. The summed E-state index contributed by atoms with van der Waals surface area (Å²) in [6, 6.07) is -0.227. The smallest absolute Gasteiger partial charge is 0.322 e. The molecule has 2 heterocycles. The number of primary sulfonamides is 1. The molecule has 0 radical (unpaired) electrons. The van der Waals surface area contributed by atoms with Gasteiger partial charge in [0.05, 0.1) is 18.6 Å². The van der Waals surface area contributed by atoms with Gasteiger partial charge in [-0.1, -0.05) is 0 Å². The second-order valence-corrected chi connectivity index (χ2v) is 7.31. The number of amides is 2. The number of nitrogens with two attached hydrogens (primary N) is 1. The van der Waals surface area contributed by atoms with Gasteiger partial charge in [-0.3, -0.25) is 9.58 Å². The summed E-state index contributed by atoms with van der Waals surface area (Å²) < 4.78 is 28.9. The Balaban J connectivity index is 1.85. The predicted molar refractivity (Wildman–Crippen MR) is 89.4 cm³/mol. The molecule has 1 aromatic heterocycles. The van der Waals surface area contributed by atoms with Gasteiger partial charge in [-0.25, -0.2) is 18.4 Å². The van der Waals surface area contributed by atoms with Crippen LogP contribution in [-0.2, 0) is 17.1 Å². The molecular weight excluding hydrogens is 336 g/mol. The van der Waals surface area contributed by atoms with Gasteiger partial charge in [0.25, 0.3) is 5.88 Å². The fourth-order valence-electron chi connectivity index (χ4n) is 2.42. The highest BCUT2D eigenvalue weighted by Crippen LogP contribution is 2.22. The molecule has 0 aromatic carbocycles. The summed E-state index contributed by atoms with van der Waals surface area (Å²) >= 11 is 0. The summed E-state index contributed by atoms with van der Waals surface area (Å²) in [5.41, 5.74) is 0.529. The topological polar surface area (TPSA) is 123 Å². The quantitative estimate of drug-likeness (QED) is 0.689. The van der Waals surface area contributed by atoms with E-state index in [1.54, 1.807) is 22.8 Å². The van der Waals surface area contributed by atoms with Crippen LogP contribution in [0, 0.1) is 0 Å². The molecule has 2 amide bonds. The Morgan fingerprint density at radius 2 is 2.04 bits per heavy atom. The van der Waals surface area contributed by atoms with E-state index in [0.29, 0.717) is 50.9 Å². The van der Waals surface area contributed by atoms with Crippen molar-refractivity contribution in [2.75, 3.05) is 50.4 Å². The number of rotatable bonds is 6. The van der Waals surface area contributed by atoms with Crippen molar-refractivity contribution in [3.8, 4) is 5.88 Å². The Labute approximate surface area is 141 Å². The molecule has 0 spiro atoms. The first-order valence-corrected chi connectivity index (χ1v) is 9.45. The van der Waals surface area contributed by atoms with Crippen LogP contribution in [0.15, 0.2) is 6.20 Å². The molecule has 0 bridgehead atoms. The SMILES string of the molecule is CCOc1nn(C)cc1NC(=O)N1CCN(CCS(N)(=O)=O)CC1. The lowest BCUT2D eigenvalue weighted by molar-refractivity contribution is 0.152. The van der Waals surface area contributed by atoms with Crippen LogP contribution in [0.4, 0.5) is 10.5 Å². The van der Waals surface area contributed by atoms with Crippen molar-refractivity contribution < 1.29 is 17.9 Å². The van der Waals surface area contributed by atoms with Crippen LogP contribution in [0.1, 0.15) is 6.92 Å². The lowest BCUT2D eigenvalue weighted by atomic mass is 10.3. The Morgan fingerprint density at radius 1 is 1.38 bits per heavy atom. The number of hydrogen-bond acceptors (Lipinski definition) is 6. The summed E-state index contributed by atoms with van der Waals surface area (Å²) in [4.78, 5) is 16.0. The summed E-state index contributed by atoms with van der Waals surface area (Å²) in [7, 11) is -1.71. The first-order valence-electron chi connectivity index (χ1n) is 7.73. The molecule has 0 atom stereocenters. The average Bonchev–Trinajstić information content (AvgIpc) is 2.85. The molecule has 1 aliphatic rings. The third kappa shape index (κ3) is 5.35. The van der Waals surface area contributed by atoms with E-state index in [1.165, 1.54) is 0 Å². The zero-order valence-electron chi connectivity index (χ0n) is 13.9. The molecule has 0 saturated carbocycles. The maximum Gasteiger partial charge on any atom is 0.322 e. The molecule has 0 aliphatic carbocycles.